The molecule has 2 aromatic rings. The predicted molar refractivity (Wildman–Crippen MR) is 57.0 cm³/mol. The lowest BCUT2D eigenvalue weighted by atomic mass is 10.4. The summed E-state index contributed by atoms with van der Waals surface area (Å²) in [4.78, 5) is 8.04. The van der Waals surface area contributed by atoms with Crippen molar-refractivity contribution in [3.05, 3.63) is 24.0 Å². The Morgan fingerprint density at radius 1 is 1.60 bits per heavy atom. The van der Waals surface area contributed by atoms with Crippen molar-refractivity contribution in [1.29, 1.82) is 0 Å². The number of imidazole rings is 1. The Bertz CT molecular complexity index is 477. The van der Waals surface area contributed by atoms with E-state index in [1.54, 1.807) is 24.0 Å². The molecule has 0 bridgehead atoms. The number of oxazole rings is 1. The average molecular weight is 227 g/mol. The van der Waals surface area contributed by atoms with Crippen molar-refractivity contribution in [3.8, 4) is 11.6 Å². The molecule has 0 radical (unpaired) electrons. The number of hydrogen-bond donors (Lipinski definition) is 0. The number of aryl methyl sites for hydroxylation is 2. The van der Waals surface area contributed by atoms with Gasteiger partial charge in [-0.25, -0.2) is 14.4 Å². The lowest BCUT2D eigenvalue weighted by Crippen LogP contribution is -1.90. The maximum atomic E-state index is 13.1. The topological polar surface area (TPSA) is 43.9 Å². The van der Waals surface area contributed by atoms with Gasteiger partial charge < -0.3 is 8.98 Å². The van der Waals surface area contributed by atoms with Crippen molar-refractivity contribution in [1.82, 2.24) is 14.5 Å². The van der Waals surface area contributed by atoms with E-state index in [2.05, 4.69) is 19.2 Å². The zero-order valence-corrected chi connectivity index (χ0v) is 9.59. The Labute approximate surface area is 88.7 Å². The van der Waals surface area contributed by atoms with Crippen LogP contribution in [-0.4, -0.2) is 14.5 Å². The van der Waals surface area contributed by atoms with E-state index < -0.39 is 5.91 Å². The molecule has 80 valence electrons. The molecule has 4 nitrogen and oxygen atoms in total. The lowest BCUT2D eigenvalue weighted by Gasteiger charge is -1.95. The van der Waals surface area contributed by atoms with Gasteiger partial charge in [0.25, 0.3) is 0 Å². The third-order valence-corrected chi connectivity index (χ3v) is 2.45. The molecule has 0 saturated heterocycles. The number of alkyl halides is 1. The van der Waals surface area contributed by atoms with E-state index in [9.17, 15) is 4.39 Å². The van der Waals surface area contributed by atoms with Crippen LogP contribution in [0.4, 0.5) is 4.39 Å². The van der Waals surface area contributed by atoms with Crippen LogP contribution in [0.1, 0.15) is 17.4 Å². The highest BCUT2D eigenvalue weighted by atomic mass is 31.0. The Morgan fingerprint density at radius 2 is 2.33 bits per heavy atom. The molecule has 0 spiro atoms. The molecular formula is C9H11FN3OP. The van der Waals surface area contributed by atoms with Crippen LogP contribution < -0.4 is 0 Å². The minimum Gasteiger partial charge on any atom is -0.440 e. The Balaban J connectivity index is 2.47. The van der Waals surface area contributed by atoms with Crippen molar-refractivity contribution in [2.75, 3.05) is 0 Å². The number of halogens is 1. The Kier molecular flexibility index (Phi) is 2.57. The molecule has 2 atom stereocenters. The van der Waals surface area contributed by atoms with E-state index in [1.807, 2.05) is 7.05 Å². The fraction of sp³-hybridized carbons (Fsp3) is 0.333. The zero-order chi connectivity index (χ0) is 11.0. The van der Waals surface area contributed by atoms with Crippen molar-refractivity contribution in [3.63, 3.8) is 0 Å². The summed E-state index contributed by atoms with van der Waals surface area (Å²) in [5, 5.41) is 0. The van der Waals surface area contributed by atoms with Crippen molar-refractivity contribution >= 4 is 9.24 Å². The molecule has 0 aliphatic rings. The largest absolute Gasteiger partial charge is 0.440 e. The Hall–Kier alpha value is -1.22. The van der Waals surface area contributed by atoms with E-state index in [4.69, 9.17) is 4.42 Å². The molecule has 0 amide bonds. The third kappa shape index (κ3) is 1.79. The molecule has 6 heteroatoms. The van der Waals surface area contributed by atoms with Gasteiger partial charge in [-0.1, -0.05) is 9.24 Å². The minimum absolute atomic E-state index is 0.316. The number of nitrogens with zero attached hydrogens (tertiary/aromatic N) is 3. The fourth-order valence-corrected chi connectivity index (χ4v) is 1.65. The van der Waals surface area contributed by atoms with E-state index in [0.717, 1.165) is 5.69 Å². The highest BCUT2D eigenvalue weighted by Gasteiger charge is 2.17. The van der Waals surface area contributed by atoms with Crippen LogP contribution in [-0.2, 0) is 7.05 Å². The van der Waals surface area contributed by atoms with Crippen LogP contribution in [0.3, 0.4) is 0 Å². The predicted octanol–water partition coefficient (Wildman–Crippen LogP) is 2.23. The summed E-state index contributed by atoms with van der Waals surface area (Å²) in [7, 11) is 3.88. The molecule has 2 unspecified atom stereocenters. The second kappa shape index (κ2) is 3.74. The van der Waals surface area contributed by atoms with Crippen molar-refractivity contribution in [2.45, 2.75) is 12.8 Å². The summed E-state index contributed by atoms with van der Waals surface area (Å²) in [5.41, 5.74) is 1.05. The van der Waals surface area contributed by atoms with Gasteiger partial charge in [0.15, 0.2) is 5.91 Å². The van der Waals surface area contributed by atoms with Gasteiger partial charge in [0, 0.05) is 7.05 Å². The van der Waals surface area contributed by atoms with Gasteiger partial charge in [-0.15, -0.1) is 0 Å². The normalized spacial score (nSPS) is 13.1. The first kappa shape index (κ1) is 10.3. The quantitative estimate of drug-likeness (QED) is 0.739. The van der Waals surface area contributed by atoms with Crippen molar-refractivity contribution < 1.29 is 8.81 Å². The standard InChI is InChI=1S/C9H11FN3OP/c1-5-7(8(10)15)12-9(14-5)6-3-11-4-13(6)2/h3-4,8H,15H2,1-2H3. The molecule has 2 heterocycles. The number of hydrogen-bond acceptors (Lipinski definition) is 3. The van der Waals surface area contributed by atoms with Gasteiger partial charge in [0.1, 0.15) is 17.1 Å². The summed E-state index contributed by atoms with van der Waals surface area (Å²) in [6.07, 6.45) is 3.27. The highest BCUT2D eigenvalue weighted by Crippen LogP contribution is 2.29. The van der Waals surface area contributed by atoms with Crippen LogP contribution in [0.15, 0.2) is 16.9 Å². The van der Waals surface area contributed by atoms with Gasteiger partial charge in [0.2, 0.25) is 5.89 Å². The van der Waals surface area contributed by atoms with Crippen LogP contribution in [0, 0.1) is 6.92 Å². The second-order valence-corrected chi connectivity index (χ2v) is 3.84. The number of rotatable bonds is 2. The summed E-state index contributed by atoms with van der Waals surface area (Å²) < 4.78 is 20.2. The van der Waals surface area contributed by atoms with Crippen molar-refractivity contribution in [2.24, 2.45) is 7.05 Å². The molecular weight excluding hydrogens is 216 g/mol. The highest BCUT2D eigenvalue weighted by molar-refractivity contribution is 7.16. The van der Waals surface area contributed by atoms with Crippen LogP contribution >= 0.6 is 9.24 Å². The molecule has 0 saturated carbocycles. The molecule has 0 aromatic carbocycles. The summed E-state index contributed by atoms with van der Waals surface area (Å²) in [6, 6.07) is 0. The maximum absolute atomic E-state index is 13.1. The molecule has 15 heavy (non-hydrogen) atoms. The molecule has 0 fully saturated rings. The molecule has 0 N–H and O–H groups in total. The first-order valence-corrected chi connectivity index (χ1v) is 5.10. The molecule has 2 rings (SSSR count). The first-order valence-electron chi connectivity index (χ1n) is 4.43. The van der Waals surface area contributed by atoms with Gasteiger partial charge in [0.05, 0.1) is 12.5 Å². The van der Waals surface area contributed by atoms with Crippen LogP contribution in [0.25, 0.3) is 11.6 Å². The minimum atomic E-state index is -1.20. The third-order valence-electron chi connectivity index (χ3n) is 2.13. The van der Waals surface area contributed by atoms with Crippen LogP contribution in [0.2, 0.25) is 0 Å². The van der Waals surface area contributed by atoms with E-state index >= 15 is 0 Å². The Morgan fingerprint density at radius 3 is 2.80 bits per heavy atom. The number of aromatic nitrogens is 3. The monoisotopic (exact) mass is 227 g/mol. The van der Waals surface area contributed by atoms with Gasteiger partial charge in [-0.05, 0) is 6.92 Å². The fourth-order valence-electron chi connectivity index (χ4n) is 1.34. The van der Waals surface area contributed by atoms with Crippen LogP contribution in [0.5, 0.6) is 0 Å². The lowest BCUT2D eigenvalue weighted by molar-refractivity contribution is 0.451. The second-order valence-electron chi connectivity index (χ2n) is 3.25. The van der Waals surface area contributed by atoms with Gasteiger partial charge in [-0.2, -0.15) is 0 Å². The average Bonchev–Trinajstić information content (AvgIpc) is 2.71. The van der Waals surface area contributed by atoms with E-state index in [0.29, 0.717) is 17.3 Å². The summed E-state index contributed by atoms with van der Waals surface area (Å²) in [6.45, 7) is 1.69. The van der Waals surface area contributed by atoms with Gasteiger partial charge in [-0.3, -0.25) is 0 Å². The first-order chi connectivity index (χ1) is 7.09. The molecule has 0 aliphatic carbocycles. The van der Waals surface area contributed by atoms with E-state index in [1.165, 1.54) is 0 Å². The summed E-state index contributed by atoms with van der Waals surface area (Å²) >= 11 is 0. The van der Waals surface area contributed by atoms with E-state index in [-0.39, 0.29) is 0 Å². The molecule has 0 aliphatic heterocycles. The zero-order valence-electron chi connectivity index (χ0n) is 8.44. The van der Waals surface area contributed by atoms with Gasteiger partial charge >= 0.3 is 0 Å². The smallest absolute Gasteiger partial charge is 0.245 e. The maximum Gasteiger partial charge on any atom is 0.245 e. The molecule has 2 aromatic heterocycles. The SMILES string of the molecule is Cc1oc(-c2cncn2C)nc1C(F)P. The summed E-state index contributed by atoms with van der Waals surface area (Å²) in [5.74, 6) is -0.308.